The van der Waals surface area contributed by atoms with E-state index in [0.717, 1.165) is 54.6 Å². The van der Waals surface area contributed by atoms with Crippen molar-refractivity contribution in [3.63, 3.8) is 0 Å². The van der Waals surface area contributed by atoms with Crippen LogP contribution in [0.4, 0.5) is 0 Å². The van der Waals surface area contributed by atoms with E-state index in [4.69, 9.17) is 0 Å². The molecule has 3 saturated carbocycles. The zero-order chi connectivity index (χ0) is 21.2. The van der Waals surface area contributed by atoms with Crippen LogP contribution in [0.5, 0.6) is 0 Å². The fraction of sp³-hybridized carbons (Fsp3) is 0.962. The minimum Gasteiger partial charge on any atom is -0.411 e. The highest BCUT2D eigenvalue weighted by molar-refractivity contribution is 5.90. The number of hydrogen-bond donors (Lipinski definition) is 2. The first-order chi connectivity index (χ1) is 13.8. The van der Waals surface area contributed by atoms with E-state index in [1.165, 1.54) is 51.4 Å². The van der Waals surface area contributed by atoms with Gasteiger partial charge in [-0.1, -0.05) is 59.0 Å². The minimum absolute atomic E-state index is 0.0251. The van der Waals surface area contributed by atoms with E-state index in [9.17, 15) is 10.3 Å². The van der Waals surface area contributed by atoms with Gasteiger partial charge in [0.2, 0.25) is 0 Å². The van der Waals surface area contributed by atoms with Crippen molar-refractivity contribution >= 4 is 5.71 Å². The maximum Gasteiger partial charge on any atom is 0.0632 e. The molecule has 168 valence electrons. The Labute approximate surface area is 179 Å². The molecule has 0 bridgehead atoms. The number of hydrogen-bond acceptors (Lipinski definition) is 3. The Morgan fingerprint density at radius 1 is 1.00 bits per heavy atom. The zero-order valence-electron chi connectivity index (χ0n) is 19.8. The van der Waals surface area contributed by atoms with Crippen molar-refractivity contribution in [1.82, 2.24) is 0 Å². The van der Waals surface area contributed by atoms with Crippen LogP contribution in [0.25, 0.3) is 0 Å². The second-order valence-corrected chi connectivity index (χ2v) is 11.7. The lowest BCUT2D eigenvalue weighted by Gasteiger charge is -2.57. The molecule has 7 unspecified atom stereocenters. The molecule has 3 aliphatic carbocycles. The van der Waals surface area contributed by atoms with Crippen LogP contribution in [0.1, 0.15) is 105 Å². The third-order valence-electron chi connectivity index (χ3n) is 9.81. The van der Waals surface area contributed by atoms with Gasteiger partial charge in [0.25, 0.3) is 0 Å². The molecule has 0 saturated heterocycles. The predicted octanol–water partition coefficient (Wildman–Crippen LogP) is 6.91. The van der Waals surface area contributed by atoms with E-state index < -0.39 is 0 Å². The molecule has 29 heavy (non-hydrogen) atoms. The average molecular weight is 406 g/mol. The van der Waals surface area contributed by atoms with E-state index in [1.54, 1.807) is 0 Å². The topological polar surface area (TPSA) is 52.8 Å². The molecule has 0 aromatic heterocycles. The van der Waals surface area contributed by atoms with Gasteiger partial charge >= 0.3 is 0 Å². The summed E-state index contributed by atoms with van der Waals surface area (Å²) in [5, 5.41) is 22.9. The van der Waals surface area contributed by atoms with Crippen molar-refractivity contribution in [3.05, 3.63) is 0 Å². The Hall–Kier alpha value is -0.570. The molecule has 0 amide bonds. The van der Waals surface area contributed by atoms with Crippen molar-refractivity contribution < 1.29 is 10.3 Å². The third kappa shape index (κ3) is 4.27. The van der Waals surface area contributed by atoms with Crippen LogP contribution in [-0.2, 0) is 0 Å². The van der Waals surface area contributed by atoms with Crippen LogP contribution in [0.3, 0.4) is 0 Å². The second-order valence-electron chi connectivity index (χ2n) is 11.7. The zero-order valence-corrected chi connectivity index (χ0v) is 19.8. The lowest BCUT2D eigenvalue weighted by atomic mass is 9.47. The molecule has 0 aromatic rings. The van der Waals surface area contributed by atoms with Crippen LogP contribution < -0.4 is 0 Å². The molecule has 0 aliphatic heterocycles. The SMILES string of the molecule is CC(C)CCCC(C)C1CCC2C3CCC(=NO)C(C)(CCCO)C3CCC12C. The van der Waals surface area contributed by atoms with Gasteiger partial charge in [0.05, 0.1) is 5.71 Å². The van der Waals surface area contributed by atoms with Gasteiger partial charge in [-0.3, -0.25) is 0 Å². The highest BCUT2D eigenvalue weighted by atomic mass is 16.4. The van der Waals surface area contributed by atoms with E-state index in [2.05, 4.69) is 39.8 Å². The highest BCUT2D eigenvalue weighted by Gasteiger charge is 2.59. The van der Waals surface area contributed by atoms with Gasteiger partial charge in [-0.05, 0) is 92.3 Å². The third-order valence-corrected chi connectivity index (χ3v) is 9.81. The number of rotatable bonds is 8. The molecule has 3 heteroatoms. The summed E-state index contributed by atoms with van der Waals surface area (Å²) in [6.07, 6.45) is 13.5. The maximum atomic E-state index is 9.72. The van der Waals surface area contributed by atoms with Gasteiger partial charge in [-0.2, -0.15) is 0 Å². The lowest BCUT2D eigenvalue weighted by molar-refractivity contribution is -0.0458. The molecule has 0 aromatic carbocycles. The van der Waals surface area contributed by atoms with Crippen molar-refractivity contribution in [2.45, 2.75) is 105 Å². The number of nitrogens with zero attached hydrogens (tertiary/aromatic N) is 1. The van der Waals surface area contributed by atoms with E-state index >= 15 is 0 Å². The molecule has 3 aliphatic rings. The van der Waals surface area contributed by atoms with Gasteiger partial charge in [-0.25, -0.2) is 0 Å². The highest BCUT2D eigenvalue weighted by Crippen LogP contribution is 2.66. The standard InChI is InChI=1S/C26H47NO2/c1-18(2)8-6-9-19(3)21-11-12-22-20-10-13-24(27-29)26(5,15-7-17-28)23(20)14-16-25(21,22)4/h18-23,28-29H,6-17H2,1-5H3. The van der Waals surface area contributed by atoms with Crippen LogP contribution in [0.2, 0.25) is 0 Å². The number of oxime groups is 1. The molecule has 7 atom stereocenters. The predicted molar refractivity (Wildman–Crippen MR) is 121 cm³/mol. The van der Waals surface area contributed by atoms with Crippen molar-refractivity contribution in [2.24, 2.45) is 51.5 Å². The fourth-order valence-corrected chi connectivity index (χ4v) is 8.25. The van der Waals surface area contributed by atoms with Gasteiger partial charge in [0.15, 0.2) is 0 Å². The largest absolute Gasteiger partial charge is 0.411 e. The number of fused-ring (bicyclic) bond motifs is 3. The molecular formula is C26H47NO2. The van der Waals surface area contributed by atoms with Crippen molar-refractivity contribution in [1.29, 1.82) is 0 Å². The summed E-state index contributed by atoms with van der Waals surface area (Å²) in [6, 6.07) is 0. The summed E-state index contributed by atoms with van der Waals surface area (Å²) in [6.45, 7) is 12.4. The Morgan fingerprint density at radius 2 is 1.76 bits per heavy atom. The smallest absolute Gasteiger partial charge is 0.0632 e. The minimum atomic E-state index is -0.0251. The maximum absolute atomic E-state index is 9.72. The van der Waals surface area contributed by atoms with Crippen LogP contribution >= 0.6 is 0 Å². The molecule has 3 nitrogen and oxygen atoms in total. The molecule has 2 N–H and O–H groups in total. The van der Waals surface area contributed by atoms with Crippen LogP contribution in [0.15, 0.2) is 5.16 Å². The first kappa shape index (κ1) is 23.1. The first-order valence-electron chi connectivity index (χ1n) is 12.6. The van der Waals surface area contributed by atoms with E-state index in [0.29, 0.717) is 11.3 Å². The van der Waals surface area contributed by atoms with Crippen molar-refractivity contribution in [3.8, 4) is 0 Å². The van der Waals surface area contributed by atoms with Gasteiger partial charge < -0.3 is 10.3 Å². The van der Waals surface area contributed by atoms with E-state index in [-0.39, 0.29) is 12.0 Å². The van der Waals surface area contributed by atoms with Crippen molar-refractivity contribution in [2.75, 3.05) is 6.61 Å². The Morgan fingerprint density at radius 3 is 2.41 bits per heavy atom. The number of aliphatic hydroxyl groups excluding tert-OH is 1. The van der Waals surface area contributed by atoms with Crippen LogP contribution in [0, 0.1) is 46.3 Å². The summed E-state index contributed by atoms with van der Waals surface area (Å²) in [5.41, 5.74) is 1.49. The summed E-state index contributed by atoms with van der Waals surface area (Å²) in [7, 11) is 0. The van der Waals surface area contributed by atoms with Crippen LogP contribution in [-0.4, -0.2) is 22.6 Å². The molecule has 0 radical (unpaired) electrons. The van der Waals surface area contributed by atoms with E-state index in [1.807, 2.05) is 0 Å². The quantitative estimate of drug-likeness (QED) is 0.340. The monoisotopic (exact) mass is 405 g/mol. The first-order valence-corrected chi connectivity index (χ1v) is 12.6. The summed E-state index contributed by atoms with van der Waals surface area (Å²) < 4.78 is 0. The molecule has 0 heterocycles. The fourth-order valence-electron chi connectivity index (χ4n) is 8.25. The molecule has 3 rings (SSSR count). The molecule has 3 fully saturated rings. The van der Waals surface area contributed by atoms with Gasteiger partial charge in [0, 0.05) is 12.0 Å². The summed E-state index contributed by atoms with van der Waals surface area (Å²) >= 11 is 0. The van der Waals surface area contributed by atoms with Gasteiger partial charge in [0.1, 0.15) is 0 Å². The summed E-state index contributed by atoms with van der Waals surface area (Å²) in [4.78, 5) is 0. The Kier molecular flexibility index (Phi) is 7.40. The Balaban J connectivity index is 1.75. The normalized spacial score (nSPS) is 42.1. The second kappa shape index (κ2) is 9.28. The summed E-state index contributed by atoms with van der Waals surface area (Å²) in [5.74, 6) is 4.80. The Bertz CT molecular complexity index is 573. The van der Waals surface area contributed by atoms with Gasteiger partial charge in [-0.15, -0.1) is 0 Å². The average Bonchev–Trinajstić information content (AvgIpc) is 3.03. The number of aliphatic hydroxyl groups is 1. The molecular weight excluding hydrogens is 358 g/mol. The lowest BCUT2D eigenvalue weighted by Crippen LogP contribution is -2.52. The molecule has 0 spiro atoms.